The number of hydrogen-bond donors (Lipinski definition) is 5. The molecule has 1 saturated heterocycles. The van der Waals surface area contributed by atoms with Gasteiger partial charge in [-0.15, -0.1) is 11.6 Å². The molecule has 0 radical (unpaired) electrons. The summed E-state index contributed by atoms with van der Waals surface area (Å²) in [4.78, 5) is 33.8. The van der Waals surface area contributed by atoms with E-state index in [4.69, 9.17) is 31.0 Å². The van der Waals surface area contributed by atoms with Crippen LogP contribution in [0.15, 0.2) is 0 Å². The molecule has 0 spiro atoms. The minimum absolute atomic E-state index is 0.631. The van der Waals surface area contributed by atoms with E-state index >= 15 is 0 Å². The Morgan fingerprint density at radius 2 is 1.65 bits per heavy atom. The van der Waals surface area contributed by atoms with Crippen LogP contribution in [0.25, 0.3) is 0 Å². The largest absolute Gasteiger partial charge is 0.490 e. The first-order valence-electron chi connectivity index (χ1n) is 5.86. The van der Waals surface area contributed by atoms with Gasteiger partial charge in [0.25, 0.3) is 0 Å². The lowest BCUT2D eigenvalue weighted by molar-refractivity contribution is -0.0167. The summed E-state index contributed by atoms with van der Waals surface area (Å²) < 4.78 is 49.7. The Morgan fingerprint density at radius 3 is 2.04 bits per heavy atom. The molecule has 0 amide bonds. The summed E-state index contributed by atoms with van der Waals surface area (Å²) in [7, 11) is -16.3. The lowest BCUT2D eigenvalue weighted by Gasteiger charge is -2.23. The molecule has 23 heavy (non-hydrogen) atoms. The van der Waals surface area contributed by atoms with Crippen molar-refractivity contribution in [1.29, 1.82) is 0 Å². The Hall–Kier alpha value is 0.620. The minimum atomic E-state index is -5.58. The highest BCUT2D eigenvalue weighted by molar-refractivity contribution is 7.66. The van der Waals surface area contributed by atoms with Gasteiger partial charge in [0.05, 0.1) is 17.6 Å². The number of aliphatic hydroxyl groups is 1. The minimum Gasteiger partial charge on any atom is -0.388 e. The number of hydrogen-bond acceptors (Lipinski definition) is 8. The van der Waals surface area contributed by atoms with Crippen LogP contribution in [0.1, 0.15) is 13.8 Å². The fourth-order valence-electron chi connectivity index (χ4n) is 1.67. The second kappa shape index (κ2) is 7.09. The van der Waals surface area contributed by atoms with Gasteiger partial charge in [0.2, 0.25) is 0 Å². The molecule has 0 saturated carbocycles. The van der Waals surface area contributed by atoms with Crippen molar-refractivity contribution in [3.05, 3.63) is 0 Å². The molecular weight excluding hydrogens is 404 g/mol. The summed E-state index contributed by atoms with van der Waals surface area (Å²) in [5, 5.41) is 9.89. The van der Waals surface area contributed by atoms with Crippen LogP contribution in [0.2, 0.25) is 0 Å². The van der Waals surface area contributed by atoms with E-state index in [1.807, 2.05) is 0 Å². The normalized spacial score (nSPS) is 37.3. The predicted octanol–water partition coefficient (Wildman–Crippen LogP) is 0.475. The maximum absolute atomic E-state index is 11.5. The standard InChI is InChI=1S/C7H16ClO12P3/c1-4-7(2,8)6(9)5(18-4)3-17-22(13,14)20-23(15,16)19-21(10,11)12/h4-6,9H,3H2,1-2H3,(H,13,14)(H,15,16)(H2,10,11,12)/t4-,5+,6+,7-/m0/s1. The smallest absolute Gasteiger partial charge is 0.388 e. The van der Waals surface area contributed by atoms with Gasteiger partial charge in [0, 0.05) is 0 Å². The van der Waals surface area contributed by atoms with Crippen LogP contribution in [-0.4, -0.2) is 54.5 Å². The number of alkyl halides is 1. The van der Waals surface area contributed by atoms with E-state index in [1.165, 1.54) is 6.92 Å². The quantitative estimate of drug-likeness (QED) is 0.283. The zero-order valence-electron chi connectivity index (χ0n) is 11.8. The fourth-order valence-corrected chi connectivity index (χ4v) is 4.90. The first-order valence-corrected chi connectivity index (χ1v) is 10.8. The number of rotatable bonds is 7. The molecule has 6 atom stereocenters. The summed E-state index contributed by atoms with van der Waals surface area (Å²) in [6.45, 7) is 2.26. The molecule has 0 aliphatic carbocycles. The van der Waals surface area contributed by atoms with Gasteiger partial charge < -0.3 is 29.4 Å². The lowest BCUT2D eigenvalue weighted by Crippen LogP contribution is -2.40. The van der Waals surface area contributed by atoms with E-state index < -0.39 is 53.3 Å². The molecule has 0 bridgehead atoms. The molecule has 1 heterocycles. The molecule has 138 valence electrons. The maximum Gasteiger partial charge on any atom is 0.490 e. The van der Waals surface area contributed by atoms with E-state index in [0.717, 1.165) is 0 Å². The average Bonchev–Trinajstić information content (AvgIpc) is 2.45. The predicted molar refractivity (Wildman–Crippen MR) is 74.4 cm³/mol. The Bertz CT molecular complexity index is 573. The van der Waals surface area contributed by atoms with Crippen molar-refractivity contribution in [3.63, 3.8) is 0 Å². The van der Waals surface area contributed by atoms with Crippen molar-refractivity contribution in [3.8, 4) is 0 Å². The van der Waals surface area contributed by atoms with Crippen molar-refractivity contribution < 1.29 is 56.3 Å². The third kappa shape index (κ3) is 6.45. The van der Waals surface area contributed by atoms with Gasteiger partial charge in [-0.2, -0.15) is 8.62 Å². The van der Waals surface area contributed by atoms with Crippen molar-refractivity contribution in [2.24, 2.45) is 0 Å². The molecule has 2 unspecified atom stereocenters. The topological polar surface area (TPSA) is 189 Å². The maximum atomic E-state index is 11.5. The first-order chi connectivity index (χ1) is 10.1. The van der Waals surface area contributed by atoms with Gasteiger partial charge in [-0.05, 0) is 13.8 Å². The summed E-state index contributed by atoms with van der Waals surface area (Å²) >= 11 is 6.01. The van der Waals surface area contributed by atoms with Gasteiger partial charge in [-0.25, -0.2) is 13.7 Å². The summed E-state index contributed by atoms with van der Waals surface area (Å²) in [6.07, 6.45) is -3.06. The molecule has 5 N–H and O–H groups in total. The van der Waals surface area contributed by atoms with Crippen LogP contribution in [0.5, 0.6) is 0 Å². The fraction of sp³-hybridized carbons (Fsp3) is 1.00. The molecule has 1 fully saturated rings. The van der Waals surface area contributed by atoms with Crippen molar-refractivity contribution in [2.45, 2.75) is 37.0 Å². The number of aliphatic hydroxyl groups excluding tert-OH is 1. The van der Waals surface area contributed by atoms with Gasteiger partial charge in [-0.3, -0.25) is 4.52 Å². The first kappa shape index (κ1) is 21.7. The molecule has 1 aliphatic rings. The van der Waals surface area contributed by atoms with Gasteiger partial charge in [-0.1, -0.05) is 0 Å². The lowest BCUT2D eigenvalue weighted by atomic mass is 9.98. The van der Waals surface area contributed by atoms with Crippen LogP contribution in [-0.2, 0) is 31.6 Å². The van der Waals surface area contributed by atoms with Gasteiger partial charge >= 0.3 is 23.5 Å². The third-order valence-corrected chi connectivity index (χ3v) is 7.26. The second-order valence-electron chi connectivity index (χ2n) is 4.80. The van der Waals surface area contributed by atoms with Gasteiger partial charge in [0.1, 0.15) is 12.2 Å². The summed E-state index contributed by atoms with van der Waals surface area (Å²) in [5.74, 6) is 0. The second-order valence-corrected chi connectivity index (χ2v) is 10.0. The highest BCUT2D eigenvalue weighted by Crippen LogP contribution is 2.66. The van der Waals surface area contributed by atoms with E-state index in [9.17, 15) is 23.7 Å². The Labute approximate surface area is 135 Å². The Morgan fingerprint density at radius 1 is 1.13 bits per heavy atom. The highest BCUT2D eigenvalue weighted by Gasteiger charge is 2.51. The zero-order chi connectivity index (χ0) is 18.3. The van der Waals surface area contributed by atoms with Crippen molar-refractivity contribution in [1.82, 2.24) is 0 Å². The Balaban J connectivity index is 2.65. The van der Waals surface area contributed by atoms with E-state index in [2.05, 4.69) is 13.1 Å². The van der Waals surface area contributed by atoms with Crippen LogP contribution in [0.4, 0.5) is 0 Å². The number of halogens is 1. The average molecular weight is 421 g/mol. The van der Waals surface area contributed by atoms with Crippen LogP contribution in [0, 0.1) is 0 Å². The van der Waals surface area contributed by atoms with Crippen LogP contribution >= 0.6 is 35.1 Å². The van der Waals surface area contributed by atoms with Gasteiger partial charge in [0.15, 0.2) is 0 Å². The zero-order valence-corrected chi connectivity index (χ0v) is 15.2. The van der Waals surface area contributed by atoms with Crippen molar-refractivity contribution >= 4 is 35.1 Å². The molecular formula is C7H16ClO12P3. The third-order valence-electron chi connectivity index (χ3n) is 2.92. The molecule has 16 heteroatoms. The molecule has 1 rings (SSSR count). The molecule has 0 aromatic heterocycles. The summed E-state index contributed by atoms with van der Waals surface area (Å²) in [5.41, 5.74) is 0. The van der Waals surface area contributed by atoms with Crippen LogP contribution < -0.4 is 0 Å². The number of phosphoric acid groups is 3. The van der Waals surface area contributed by atoms with E-state index in [0.29, 0.717) is 0 Å². The SMILES string of the molecule is C[C@@H]1O[C@H](COP(=O)(O)OP(=O)(O)OP(=O)(O)O)[C@@H](O)[C@@]1(C)Cl. The number of ether oxygens (including phenoxy) is 1. The van der Waals surface area contributed by atoms with E-state index in [1.54, 1.807) is 6.92 Å². The van der Waals surface area contributed by atoms with Crippen LogP contribution in [0.3, 0.4) is 0 Å². The summed E-state index contributed by atoms with van der Waals surface area (Å²) in [6, 6.07) is 0. The molecule has 0 aromatic rings. The Kier molecular flexibility index (Phi) is 6.68. The monoisotopic (exact) mass is 420 g/mol. The molecule has 1 aliphatic heterocycles. The molecule has 12 nitrogen and oxygen atoms in total. The number of phosphoric ester groups is 1. The highest BCUT2D eigenvalue weighted by atomic mass is 35.5. The molecule has 0 aromatic carbocycles. The van der Waals surface area contributed by atoms with Crippen molar-refractivity contribution in [2.75, 3.05) is 6.61 Å². The van der Waals surface area contributed by atoms with E-state index in [-0.39, 0.29) is 0 Å².